The van der Waals surface area contributed by atoms with Crippen LogP contribution in [0.15, 0.2) is 18.5 Å². The van der Waals surface area contributed by atoms with Crippen molar-refractivity contribution in [2.24, 2.45) is 5.41 Å². The fourth-order valence-electron chi connectivity index (χ4n) is 4.78. The molecule has 10 heteroatoms. The summed E-state index contributed by atoms with van der Waals surface area (Å²) >= 11 is 0. The minimum absolute atomic E-state index is 0.242. The Bertz CT molecular complexity index is 1100. The van der Waals surface area contributed by atoms with E-state index in [9.17, 15) is 0 Å². The maximum absolute atomic E-state index is 7.57. The molecule has 1 spiro atoms. The molecule has 4 heterocycles. The second-order valence-corrected chi connectivity index (χ2v) is 9.19. The van der Waals surface area contributed by atoms with Crippen LogP contribution in [-0.4, -0.2) is 63.2 Å². The van der Waals surface area contributed by atoms with Crippen LogP contribution in [0.4, 0.5) is 11.8 Å². The first-order valence-electron chi connectivity index (χ1n) is 12.1. The summed E-state index contributed by atoms with van der Waals surface area (Å²) in [4.78, 5) is 13.5. The maximum atomic E-state index is 7.57. The van der Waals surface area contributed by atoms with Gasteiger partial charge in [0.1, 0.15) is 22.5 Å². The Morgan fingerprint density at radius 3 is 2.68 bits per heavy atom. The standard InChI is InChI=1S/C22H30N8O.C2H6O/c1-3-4-5-25-20-19-16(28-21(23)29-20)10-27-30(19)11-17-18(31-2)6-14(9-26-17)15-7-22(8-15)12-24-13-22;1-2-3/h6,9-10,15,24H,3-5,7-8,11-13H2,1-2H3,(H3,23,25,28,29);3H,2H2,1H3. The molecule has 5 N–H and O–H groups in total. The summed E-state index contributed by atoms with van der Waals surface area (Å²) < 4.78 is 7.57. The highest BCUT2D eigenvalue weighted by atomic mass is 16.5. The van der Waals surface area contributed by atoms with E-state index in [4.69, 9.17) is 20.6 Å². The van der Waals surface area contributed by atoms with Crippen molar-refractivity contribution in [3.05, 3.63) is 29.7 Å². The second kappa shape index (κ2) is 10.5. The SMILES string of the molecule is CCCCNc1nc(N)nc2cnn(Cc3ncc(C4CC5(CNC5)C4)cc3OC)c12.CCO. The molecule has 184 valence electrons. The zero-order chi connectivity index (χ0) is 24.1. The van der Waals surface area contributed by atoms with Crippen molar-refractivity contribution in [1.29, 1.82) is 0 Å². The molecule has 5 rings (SSSR count). The highest BCUT2D eigenvalue weighted by Gasteiger charge is 2.48. The third kappa shape index (κ3) is 4.92. The lowest BCUT2D eigenvalue weighted by atomic mass is 9.57. The van der Waals surface area contributed by atoms with Crippen molar-refractivity contribution in [1.82, 2.24) is 30.0 Å². The number of fused-ring (bicyclic) bond motifs is 1. The van der Waals surface area contributed by atoms with E-state index in [0.29, 0.717) is 23.7 Å². The van der Waals surface area contributed by atoms with Crippen LogP contribution in [0.3, 0.4) is 0 Å². The van der Waals surface area contributed by atoms with Crippen molar-refractivity contribution in [2.45, 2.75) is 52.0 Å². The van der Waals surface area contributed by atoms with Gasteiger partial charge in [-0.1, -0.05) is 13.3 Å². The summed E-state index contributed by atoms with van der Waals surface area (Å²) in [6.45, 7) is 7.69. The molecular weight excluding hydrogens is 432 g/mol. The van der Waals surface area contributed by atoms with Gasteiger partial charge in [-0.05, 0) is 49.1 Å². The Labute approximate surface area is 200 Å². The number of hydrogen-bond acceptors (Lipinski definition) is 9. The van der Waals surface area contributed by atoms with E-state index in [1.54, 1.807) is 20.2 Å². The number of nitrogens with zero attached hydrogens (tertiary/aromatic N) is 5. The quantitative estimate of drug-likeness (QED) is 0.368. The zero-order valence-corrected chi connectivity index (χ0v) is 20.3. The number of nitrogens with one attached hydrogen (secondary N) is 2. The van der Waals surface area contributed by atoms with Gasteiger partial charge in [0.2, 0.25) is 5.95 Å². The van der Waals surface area contributed by atoms with E-state index in [-0.39, 0.29) is 12.6 Å². The van der Waals surface area contributed by atoms with Crippen LogP contribution in [0.1, 0.15) is 56.7 Å². The molecule has 0 amide bonds. The number of unbranched alkanes of at least 4 members (excludes halogenated alkanes) is 1. The highest BCUT2D eigenvalue weighted by molar-refractivity contribution is 5.86. The molecule has 1 saturated carbocycles. The Morgan fingerprint density at radius 2 is 2.03 bits per heavy atom. The molecule has 1 aliphatic heterocycles. The van der Waals surface area contributed by atoms with Gasteiger partial charge in [-0.3, -0.25) is 9.67 Å². The van der Waals surface area contributed by atoms with Gasteiger partial charge in [0, 0.05) is 32.4 Å². The first kappa shape index (κ1) is 24.2. The number of rotatable bonds is 8. The third-order valence-electron chi connectivity index (χ3n) is 6.63. The van der Waals surface area contributed by atoms with Crippen LogP contribution in [0.25, 0.3) is 11.0 Å². The molecule has 3 aromatic heterocycles. The van der Waals surface area contributed by atoms with Gasteiger partial charge in [0.05, 0.1) is 19.9 Å². The summed E-state index contributed by atoms with van der Waals surface area (Å²) in [6.07, 6.45) is 8.34. The van der Waals surface area contributed by atoms with E-state index >= 15 is 0 Å². The summed E-state index contributed by atoms with van der Waals surface area (Å²) in [5.41, 5.74) is 10.1. The zero-order valence-electron chi connectivity index (χ0n) is 20.3. The highest BCUT2D eigenvalue weighted by Crippen LogP contribution is 2.53. The predicted molar refractivity (Wildman–Crippen MR) is 133 cm³/mol. The molecule has 10 nitrogen and oxygen atoms in total. The van der Waals surface area contributed by atoms with Crippen molar-refractivity contribution in [2.75, 3.05) is 44.4 Å². The van der Waals surface area contributed by atoms with Crippen molar-refractivity contribution >= 4 is 22.8 Å². The number of nitrogens with two attached hydrogens (primary N) is 1. The second-order valence-electron chi connectivity index (χ2n) is 9.19. The number of aliphatic hydroxyl groups is 1. The largest absolute Gasteiger partial charge is 0.495 e. The van der Waals surface area contributed by atoms with Gasteiger partial charge in [0.25, 0.3) is 0 Å². The number of methoxy groups -OCH3 is 1. The maximum Gasteiger partial charge on any atom is 0.222 e. The predicted octanol–water partition coefficient (Wildman–Crippen LogP) is 2.54. The molecule has 2 fully saturated rings. The van der Waals surface area contributed by atoms with Crippen LogP contribution >= 0.6 is 0 Å². The molecule has 3 aromatic rings. The van der Waals surface area contributed by atoms with Crippen molar-refractivity contribution < 1.29 is 9.84 Å². The summed E-state index contributed by atoms with van der Waals surface area (Å²) in [6, 6.07) is 2.15. The minimum atomic E-state index is 0.242. The molecule has 34 heavy (non-hydrogen) atoms. The van der Waals surface area contributed by atoms with Gasteiger partial charge in [-0.15, -0.1) is 0 Å². The number of aliphatic hydroxyl groups excluding tert-OH is 1. The van der Waals surface area contributed by atoms with Crippen LogP contribution in [-0.2, 0) is 6.54 Å². The van der Waals surface area contributed by atoms with E-state index in [2.05, 4.69) is 38.7 Å². The lowest BCUT2D eigenvalue weighted by Crippen LogP contribution is -2.59. The van der Waals surface area contributed by atoms with Crippen LogP contribution < -0.4 is 21.1 Å². The Morgan fingerprint density at radius 1 is 1.26 bits per heavy atom. The Balaban J connectivity index is 0.000000868. The molecule has 0 aromatic carbocycles. The van der Waals surface area contributed by atoms with Crippen molar-refractivity contribution in [3.8, 4) is 5.75 Å². The van der Waals surface area contributed by atoms with Crippen LogP contribution in [0.5, 0.6) is 5.75 Å². The molecule has 0 radical (unpaired) electrons. The van der Waals surface area contributed by atoms with Gasteiger partial charge in [-0.2, -0.15) is 10.1 Å². The van der Waals surface area contributed by atoms with Gasteiger partial charge < -0.3 is 26.2 Å². The molecule has 2 aliphatic rings. The number of pyridine rings is 1. The molecule has 1 saturated heterocycles. The first-order chi connectivity index (χ1) is 16.5. The summed E-state index contributed by atoms with van der Waals surface area (Å²) in [7, 11) is 1.70. The number of aromatic nitrogens is 5. The summed E-state index contributed by atoms with van der Waals surface area (Å²) in [5.74, 6) is 2.32. The number of nitrogen functional groups attached to an aromatic ring is 1. The van der Waals surface area contributed by atoms with Gasteiger partial charge >= 0.3 is 0 Å². The number of ether oxygens (including phenoxy) is 1. The monoisotopic (exact) mass is 468 g/mol. The molecule has 0 atom stereocenters. The molecule has 0 bridgehead atoms. The topological polar surface area (TPSA) is 136 Å². The molecule has 0 unspecified atom stereocenters. The van der Waals surface area contributed by atoms with Crippen molar-refractivity contribution in [3.63, 3.8) is 0 Å². The normalized spacial score (nSPS) is 16.5. The fraction of sp³-hybridized carbons (Fsp3) is 0.583. The van der Waals surface area contributed by atoms with E-state index in [1.165, 1.54) is 18.4 Å². The van der Waals surface area contributed by atoms with Gasteiger partial charge in [0.15, 0.2) is 5.82 Å². The number of anilines is 2. The fourth-order valence-corrected chi connectivity index (χ4v) is 4.78. The number of hydrogen-bond donors (Lipinski definition) is 4. The minimum Gasteiger partial charge on any atom is -0.495 e. The molecule has 1 aliphatic carbocycles. The molecular formula is C24H36N8O2. The first-order valence-corrected chi connectivity index (χ1v) is 12.1. The lowest BCUT2D eigenvalue weighted by Gasteiger charge is -2.54. The smallest absolute Gasteiger partial charge is 0.222 e. The van der Waals surface area contributed by atoms with E-state index < -0.39 is 0 Å². The Hall–Kier alpha value is -2.98. The average molecular weight is 469 g/mol. The van der Waals surface area contributed by atoms with E-state index in [0.717, 1.165) is 55.0 Å². The average Bonchev–Trinajstić information content (AvgIpc) is 3.15. The van der Waals surface area contributed by atoms with Gasteiger partial charge in [-0.25, -0.2) is 4.98 Å². The third-order valence-corrected chi connectivity index (χ3v) is 6.63. The lowest BCUT2D eigenvalue weighted by molar-refractivity contribution is 0.0361. The Kier molecular flexibility index (Phi) is 7.47. The summed E-state index contributed by atoms with van der Waals surface area (Å²) in [5, 5.41) is 18.9. The van der Waals surface area contributed by atoms with Crippen LogP contribution in [0, 0.1) is 5.41 Å². The van der Waals surface area contributed by atoms with Crippen LogP contribution in [0.2, 0.25) is 0 Å². The van der Waals surface area contributed by atoms with E-state index in [1.807, 2.05) is 10.9 Å².